The number of likely N-dealkylation sites (tertiary alicyclic amines) is 1. The van der Waals surface area contributed by atoms with Gasteiger partial charge in [-0.15, -0.1) is 11.3 Å². The molecule has 3 aromatic rings. The molecule has 5 N–H and O–H groups in total. The van der Waals surface area contributed by atoms with E-state index in [-0.39, 0.29) is 43.3 Å². The summed E-state index contributed by atoms with van der Waals surface area (Å²) >= 11 is 1.46. The van der Waals surface area contributed by atoms with Gasteiger partial charge in [0.15, 0.2) is 5.13 Å². The monoisotopic (exact) mass is 886 g/mol. The van der Waals surface area contributed by atoms with Gasteiger partial charge in [-0.25, -0.2) is 19.6 Å². The summed E-state index contributed by atoms with van der Waals surface area (Å²) in [5.41, 5.74) is -1.27. The molecular weight excluding hydrogens is 825 g/mol. The number of fused-ring (bicyclic) bond motifs is 3. The van der Waals surface area contributed by atoms with Crippen LogP contribution in [0.2, 0.25) is 0 Å². The van der Waals surface area contributed by atoms with Crippen molar-refractivity contribution >= 4 is 57.1 Å². The van der Waals surface area contributed by atoms with Crippen LogP contribution in [0, 0.1) is 11.8 Å². The molecule has 3 aliphatic heterocycles. The van der Waals surface area contributed by atoms with E-state index < -0.39 is 53.0 Å². The first-order valence-corrected chi connectivity index (χ1v) is 23.2. The number of amides is 5. The maximum absolute atomic E-state index is 15.1. The molecule has 1 aromatic carbocycles. The Morgan fingerprint density at radius 1 is 1.03 bits per heavy atom. The fraction of sp³-hybridized carbons (Fsp3) is 0.587. The Labute approximate surface area is 372 Å². The number of hydrogen-bond acceptors (Lipinski definition) is 11. The highest BCUT2D eigenvalue weighted by molar-refractivity contribution is 7.14. The van der Waals surface area contributed by atoms with E-state index in [1.807, 2.05) is 63.4 Å². The summed E-state index contributed by atoms with van der Waals surface area (Å²) in [5.74, 6) is -1.48. The molecule has 1 aliphatic carbocycles. The number of carbonyl (C=O) groups excluding carboxylic acids is 4. The second kappa shape index (κ2) is 19.1. The number of rotatable bonds is 12. The molecule has 4 unspecified atom stereocenters. The maximum Gasteiger partial charge on any atom is 0.330 e. The van der Waals surface area contributed by atoms with Gasteiger partial charge in [-0.1, -0.05) is 38.8 Å². The lowest BCUT2D eigenvalue weighted by atomic mass is 9.94. The zero-order valence-corrected chi connectivity index (χ0v) is 38.0. The summed E-state index contributed by atoms with van der Waals surface area (Å²) in [4.78, 5) is 82.1. The predicted molar refractivity (Wildman–Crippen MR) is 241 cm³/mol. The van der Waals surface area contributed by atoms with E-state index in [2.05, 4.69) is 21.3 Å². The highest BCUT2D eigenvalue weighted by Crippen LogP contribution is 2.46. The van der Waals surface area contributed by atoms with E-state index >= 15 is 4.79 Å². The van der Waals surface area contributed by atoms with Crippen LogP contribution in [0.15, 0.2) is 41.8 Å². The Balaban J connectivity index is 1.20. The minimum Gasteiger partial charge on any atom is -0.497 e. The topological polar surface area (TPSA) is 204 Å². The standard InChI is InChI=1S/C46H62N8O8S/c1-27(2)36(25-53-19-13-12-16-39(53)55)50-43(60)49-33-15-11-9-7-8-10-14-29-22-46(29,42(58)59)52-41(57)45(5)23-31(24-54(45)40(33)56)62-38-21-35(37-26-63-44(51-37)47-28(3)4)48-34-20-30(61-6)17-18-32(34)38/h10,14,17-18,20-21,26-29,31,33,36H,7-9,11-13,15-16,19,22-25H2,1-6H3,(H,47,51)(H,52,57)(H,58,59)(H2,49,50,60)/b14-10-/t29?,31?,33-,36?,45?,46+/m0/s1. The van der Waals surface area contributed by atoms with E-state index in [1.54, 1.807) is 25.0 Å². The van der Waals surface area contributed by atoms with Gasteiger partial charge in [-0.05, 0) is 77.3 Å². The van der Waals surface area contributed by atoms with E-state index in [9.17, 15) is 24.3 Å². The number of piperidine rings is 1. The van der Waals surface area contributed by atoms with Crippen LogP contribution in [0.25, 0.3) is 22.3 Å². The molecule has 63 heavy (non-hydrogen) atoms. The third-order valence-electron chi connectivity index (χ3n) is 12.8. The molecule has 0 radical (unpaired) electrons. The normalized spacial score (nSPS) is 26.5. The van der Waals surface area contributed by atoms with E-state index in [0.717, 1.165) is 37.2 Å². The molecule has 5 heterocycles. The molecule has 2 saturated heterocycles. The van der Waals surface area contributed by atoms with Crippen molar-refractivity contribution in [3.05, 3.63) is 41.8 Å². The maximum atomic E-state index is 15.1. The lowest BCUT2D eigenvalue weighted by molar-refractivity contribution is -0.149. The Morgan fingerprint density at radius 3 is 2.57 bits per heavy atom. The van der Waals surface area contributed by atoms with Crippen molar-refractivity contribution in [1.29, 1.82) is 0 Å². The molecule has 16 nitrogen and oxygen atoms in total. The molecule has 0 bridgehead atoms. The number of thiazole rings is 1. The van der Waals surface area contributed by atoms with Gasteiger partial charge in [0.1, 0.15) is 40.4 Å². The summed E-state index contributed by atoms with van der Waals surface area (Å²) < 4.78 is 12.4. The number of nitrogens with one attached hydrogen (secondary N) is 4. The molecule has 7 rings (SSSR count). The van der Waals surface area contributed by atoms with Crippen molar-refractivity contribution in [1.82, 2.24) is 35.7 Å². The van der Waals surface area contributed by atoms with Gasteiger partial charge < -0.3 is 45.6 Å². The average molecular weight is 887 g/mol. The molecule has 6 atom stereocenters. The van der Waals surface area contributed by atoms with Crippen molar-refractivity contribution in [2.75, 3.05) is 32.1 Å². The first-order chi connectivity index (χ1) is 30.1. The van der Waals surface area contributed by atoms with E-state index in [4.69, 9.17) is 19.4 Å². The van der Waals surface area contributed by atoms with Crippen molar-refractivity contribution in [3.63, 3.8) is 0 Å². The number of hydrogen-bond donors (Lipinski definition) is 5. The lowest BCUT2D eigenvalue weighted by Gasteiger charge is -2.37. The molecule has 5 amide bonds. The zero-order chi connectivity index (χ0) is 45.1. The van der Waals surface area contributed by atoms with Crippen LogP contribution in [0.4, 0.5) is 9.93 Å². The number of anilines is 1. The Hall–Kier alpha value is -5.45. The summed E-state index contributed by atoms with van der Waals surface area (Å²) in [6.07, 6.45) is 8.88. The smallest absolute Gasteiger partial charge is 0.330 e. The average Bonchev–Trinajstić information content (AvgIpc) is 3.54. The highest BCUT2D eigenvalue weighted by atomic mass is 32.1. The molecule has 0 spiro atoms. The molecule has 1 saturated carbocycles. The summed E-state index contributed by atoms with van der Waals surface area (Å²) in [6.45, 7) is 10.7. The minimum atomic E-state index is -1.56. The van der Waals surface area contributed by atoms with Crippen LogP contribution >= 0.6 is 11.3 Å². The van der Waals surface area contributed by atoms with Crippen LogP contribution in [-0.2, 0) is 19.2 Å². The number of carboxylic acids is 1. The number of carbonyl (C=O) groups is 5. The fourth-order valence-electron chi connectivity index (χ4n) is 8.94. The lowest BCUT2D eigenvalue weighted by Crippen LogP contribution is -2.63. The summed E-state index contributed by atoms with van der Waals surface area (Å²) in [5, 5.41) is 26.0. The zero-order valence-electron chi connectivity index (χ0n) is 37.2. The first-order valence-electron chi connectivity index (χ1n) is 22.4. The van der Waals surface area contributed by atoms with Gasteiger partial charge in [0, 0.05) is 60.8 Å². The van der Waals surface area contributed by atoms with Crippen LogP contribution in [0.1, 0.15) is 98.8 Å². The van der Waals surface area contributed by atoms with Gasteiger partial charge in [0.2, 0.25) is 17.7 Å². The number of aliphatic carboxylic acids is 1. The van der Waals surface area contributed by atoms with Crippen LogP contribution in [0.3, 0.4) is 0 Å². The Bertz CT molecular complexity index is 2230. The largest absolute Gasteiger partial charge is 0.497 e. The molecule has 3 fully saturated rings. The van der Waals surface area contributed by atoms with Crippen molar-refractivity contribution in [3.8, 4) is 22.9 Å². The number of allylic oxidation sites excluding steroid dienone is 1. The van der Waals surface area contributed by atoms with E-state index in [1.165, 1.54) is 16.2 Å². The quantitative estimate of drug-likeness (QED) is 0.131. The number of nitrogens with zero attached hydrogens (tertiary/aromatic N) is 4. The van der Waals surface area contributed by atoms with Gasteiger partial charge >= 0.3 is 12.0 Å². The summed E-state index contributed by atoms with van der Waals surface area (Å²) in [7, 11) is 1.58. The Morgan fingerprint density at radius 2 is 1.84 bits per heavy atom. The molecule has 340 valence electrons. The van der Waals surface area contributed by atoms with Crippen molar-refractivity contribution in [2.45, 2.75) is 134 Å². The summed E-state index contributed by atoms with van der Waals surface area (Å²) in [6, 6.07) is 5.54. The third-order valence-corrected chi connectivity index (χ3v) is 13.6. The molecule has 4 aliphatic rings. The van der Waals surface area contributed by atoms with Gasteiger partial charge in [-0.3, -0.25) is 14.4 Å². The number of ether oxygens (including phenoxy) is 2. The van der Waals surface area contributed by atoms with Crippen LogP contribution in [-0.4, -0.2) is 117 Å². The second-order valence-electron chi connectivity index (χ2n) is 18.3. The van der Waals surface area contributed by atoms with Crippen LogP contribution < -0.4 is 30.7 Å². The third kappa shape index (κ3) is 10.2. The number of carboxylic acid groups (broad SMARTS) is 1. The number of urea groups is 1. The molecular formula is C46H62N8O8S. The number of aromatic nitrogens is 2. The second-order valence-corrected chi connectivity index (χ2v) is 19.2. The molecule has 17 heteroatoms. The van der Waals surface area contributed by atoms with Crippen LogP contribution in [0.5, 0.6) is 11.5 Å². The van der Waals surface area contributed by atoms with Gasteiger partial charge in [0.25, 0.3) is 0 Å². The number of methoxy groups -OCH3 is 1. The van der Waals surface area contributed by atoms with Gasteiger partial charge in [0.05, 0.1) is 30.9 Å². The first kappa shape index (κ1) is 45.6. The minimum absolute atomic E-state index is 0.00131. The SMILES string of the molecule is COc1ccc2c(OC3CN4C(=O)[C@@H](NC(=O)NC(CN5CCCCC5=O)C(C)C)CCCCC/C=C\C5C[C@@]5(C(=O)O)NC(=O)C4(C)C3)cc(-c3csc(NC(C)C)n3)nc2c1. The Kier molecular flexibility index (Phi) is 13.8. The fourth-order valence-corrected chi connectivity index (χ4v) is 9.80. The predicted octanol–water partition coefficient (Wildman–Crippen LogP) is 6.11. The number of pyridine rings is 1. The molecule has 2 aromatic heterocycles. The van der Waals surface area contributed by atoms with E-state index in [0.29, 0.717) is 66.1 Å². The number of benzene rings is 1. The van der Waals surface area contributed by atoms with Crippen molar-refractivity contribution < 1.29 is 38.6 Å². The van der Waals surface area contributed by atoms with Crippen molar-refractivity contribution in [2.24, 2.45) is 11.8 Å². The highest BCUT2D eigenvalue weighted by Gasteiger charge is 2.63. The van der Waals surface area contributed by atoms with Gasteiger partial charge in [-0.2, -0.15) is 0 Å².